The molecule has 92 valence electrons. The van der Waals surface area contributed by atoms with Crippen molar-refractivity contribution in [2.24, 2.45) is 5.92 Å². The molecular weight excluding hydrogens is 210 g/mol. The number of aliphatic hydroxyl groups excluding tert-OH is 3. The number of aliphatic hydroxyl groups is 3. The van der Waals surface area contributed by atoms with Crippen molar-refractivity contribution in [3.05, 3.63) is 0 Å². The molecule has 0 aliphatic carbocycles. The molecule has 1 heterocycles. The van der Waals surface area contributed by atoms with Crippen LogP contribution in [0.5, 0.6) is 0 Å². The van der Waals surface area contributed by atoms with Crippen LogP contribution in [0.15, 0.2) is 0 Å². The molecule has 0 bridgehead atoms. The van der Waals surface area contributed by atoms with E-state index in [0.717, 1.165) is 0 Å². The lowest BCUT2D eigenvalue weighted by molar-refractivity contribution is -0.175. The summed E-state index contributed by atoms with van der Waals surface area (Å²) in [5.41, 5.74) is 0. The Kier molecular flexibility index (Phi) is 5.03. The van der Waals surface area contributed by atoms with Gasteiger partial charge in [-0.2, -0.15) is 0 Å². The van der Waals surface area contributed by atoms with Crippen LogP contribution in [0.1, 0.15) is 13.3 Å². The second kappa shape index (κ2) is 6.06. The van der Waals surface area contributed by atoms with Crippen molar-refractivity contribution in [1.82, 2.24) is 5.32 Å². The molecule has 5 nitrogen and oxygen atoms in total. The molecule has 0 radical (unpaired) electrons. The van der Waals surface area contributed by atoms with Gasteiger partial charge < -0.3 is 25.4 Å². The lowest BCUT2D eigenvalue weighted by Crippen LogP contribution is -2.60. The lowest BCUT2D eigenvalue weighted by Gasteiger charge is -2.43. The standard InChI is InChI=1S/C11H19NO4/c1-3-7-8(5-13)16-9(6-14)10(11(7)15)12-4-2/h2,7-15H,3,5-6H2,1H3/t7-,8?,9+,10?,11?/m1/s1. The van der Waals surface area contributed by atoms with E-state index in [2.05, 4.69) is 11.4 Å². The van der Waals surface area contributed by atoms with Crippen LogP contribution in [0.25, 0.3) is 0 Å². The van der Waals surface area contributed by atoms with Gasteiger partial charge in [0, 0.05) is 12.0 Å². The van der Waals surface area contributed by atoms with Gasteiger partial charge in [-0.15, -0.1) is 0 Å². The Morgan fingerprint density at radius 1 is 1.31 bits per heavy atom. The Labute approximate surface area is 95.4 Å². The van der Waals surface area contributed by atoms with Gasteiger partial charge in [-0.1, -0.05) is 13.3 Å². The van der Waals surface area contributed by atoms with E-state index in [0.29, 0.717) is 6.42 Å². The number of rotatable bonds is 4. The highest BCUT2D eigenvalue weighted by atomic mass is 16.5. The summed E-state index contributed by atoms with van der Waals surface area (Å²) in [6, 6.07) is 1.75. The summed E-state index contributed by atoms with van der Waals surface area (Å²) in [6.07, 6.45) is 4.03. The fraction of sp³-hybridized carbons (Fsp3) is 0.818. The Hall–Kier alpha value is -0.800. The van der Waals surface area contributed by atoms with Gasteiger partial charge in [0.05, 0.1) is 31.5 Å². The Morgan fingerprint density at radius 3 is 2.38 bits per heavy atom. The summed E-state index contributed by atoms with van der Waals surface area (Å²) in [5.74, 6) is -0.182. The maximum absolute atomic E-state index is 10.1. The number of ether oxygens (including phenoxy) is 1. The monoisotopic (exact) mass is 229 g/mol. The van der Waals surface area contributed by atoms with Crippen molar-refractivity contribution < 1.29 is 20.1 Å². The molecule has 5 atom stereocenters. The Morgan fingerprint density at radius 2 is 1.94 bits per heavy atom. The first-order valence-electron chi connectivity index (χ1n) is 5.45. The highest BCUT2D eigenvalue weighted by molar-refractivity contribution is 4.99. The molecule has 1 saturated heterocycles. The first-order valence-corrected chi connectivity index (χ1v) is 5.45. The number of terminal acetylenes is 1. The second-order valence-corrected chi connectivity index (χ2v) is 3.96. The van der Waals surface area contributed by atoms with Crippen molar-refractivity contribution >= 4 is 0 Å². The van der Waals surface area contributed by atoms with Crippen molar-refractivity contribution in [2.45, 2.75) is 37.7 Å². The lowest BCUT2D eigenvalue weighted by atomic mass is 9.83. The van der Waals surface area contributed by atoms with E-state index in [1.807, 2.05) is 6.92 Å². The average molecular weight is 229 g/mol. The summed E-state index contributed by atoms with van der Waals surface area (Å²) in [7, 11) is 0. The Balaban J connectivity index is 2.81. The summed E-state index contributed by atoms with van der Waals surface area (Å²) >= 11 is 0. The molecule has 4 N–H and O–H groups in total. The summed E-state index contributed by atoms with van der Waals surface area (Å²) in [4.78, 5) is 0. The van der Waals surface area contributed by atoms with Crippen LogP contribution in [0.3, 0.4) is 0 Å². The van der Waals surface area contributed by atoms with Crippen LogP contribution in [-0.4, -0.2) is 52.9 Å². The molecule has 3 unspecified atom stereocenters. The highest BCUT2D eigenvalue weighted by Crippen LogP contribution is 2.28. The minimum absolute atomic E-state index is 0.172. The van der Waals surface area contributed by atoms with E-state index in [4.69, 9.17) is 21.4 Å². The zero-order valence-corrected chi connectivity index (χ0v) is 9.34. The second-order valence-electron chi connectivity index (χ2n) is 3.96. The molecule has 0 aromatic carbocycles. The summed E-state index contributed by atoms with van der Waals surface area (Å²) in [5, 5.41) is 31.1. The third kappa shape index (κ3) is 2.47. The maximum Gasteiger partial charge on any atom is 0.104 e. The fourth-order valence-electron chi connectivity index (χ4n) is 2.23. The molecule has 0 aromatic rings. The topological polar surface area (TPSA) is 82.0 Å². The van der Waals surface area contributed by atoms with Crippen LogP contribution in [0, 0.1) is 18.4 Å². The molecular formula is C11H19NO4. The third-order valence-corrected chi connectivity index (χ3v) is 3.12. The van der Waals surface area contributed by atoms with Crippen LogP contribution < -0.4 is 5.32 Å². The van der Waals surface area contributed by atoms with Gasteiger partial charge in [-0.25, -0.2) is 0 Å². The van der Waals surface area contributed by atoms with Crippen molar-refractivity contribution in [1.29, 1.82) is 0 Å². The van der Waals surface area contributed by atoms with Gasteiger partial charge in [0.2, 0.25) is 0 Å². The number of hydrogen-bond donors (Lipinski definition) is 4. The summed E-state index contributed by atoms with van der Waals surface area (Å²) in [6.45, 7) is 1.49. The molecule has 0 spiro atoms. The first-order chi connectivity index (χ1) is 7.69. The largest absolute Gasteiger partial charge is 0.394 e. The minimum atomic E-state index is -0.732. The SMILES string of the molecule is C#CNC1C(O)[C@H](CC)C(CO)O[C@H]1CO. The minimum Gasteiger partial charge on any atom is -0.394 e. The van der Waals surface area contributed by atoms with E-state index < -0.39 is 24.4 Å². The van der Waals surface area contributed by atoms with Gasteiger partial charge in [-0.05, 0) is 6.42 Å². The molecule has 1 aliphatic rings. The van der Waals surface area contributed by atoms with Crippen molar-refractivity contribution in [3.63, 3.8) is 0 Å². The number of hydrogen-bond acceptors (Lipinski definition) is 5. The predicted octanol–water partition coefficient (Wildman–Crippen LogP) is -1.33. The van der Waals surface area contributed by atoms with Crippen LogP contribution in [0.2, 0.25) is 0 Å². The van der Waals surface area contributed by atoms with E-state index in [1.54, 1.807) is 0 Å². The van der Waals surface area contributed by atoms with E-state index in [-0.39, 0.29) is 19.1 Å². The van der Waals surface area contributed by atoms with Crippen LogP contribution in [-0.2, 0) is 4.74 Å². The van der Waals surface area contributed by atoms with Crippen LogP contribution >= 0.6 is 0 Å². The molecule has 0 saturated carbocycles. The van der Waals surface area contributed by atoms with Gasteiger partial charge in [-0.3, -0.25) is 0 Å². The van der Waals surface area contributed by atoms with Gasteiger partial charge in [0.25, 0.3) is 0 Å². The predicted molar refractivity (Wildman–Crippen MR) is 58.4 cm³/mol. The van der Waals surface area contributed by atoms with Crippen molar-refractivity contribution in [2.75, 3.05) is 13.2 Å². The van der Waals surface area contributed by atoms with Gasteiger partial charge in [0.1, 0.15) is 6.10 Å². The number of nitrogens with one attached hydrogen (secondary N) is 1. The molecule has 16 heavy (non-hydrogen) atoms. The fourth-order valence-corrected chi connectivity index (χ4v) is 2.23. The van der Waals surface area contributed by atoms with Crippen LogP contribution in [0.4, 0.5) is 0 Å². The molecule has 0 amide bonds. The zero-order chi connectivity index (χ0) is 12.1. The third-order valence-electron chi connectivity index (χ3n) is 3.12. The zero-order valence-electron chi connectivity index (χ0n) is 9.34. The Bertz CT molecular complexity index is 253. The average Bonchev–Trinajstić information content (AvgIpc) is 2.31. The van der Waals surface area contributed by atoms with Crippen molar-refractivity contribution in [3.8, 4) is 12.5 Å². The highest BCUT2D eigenvalue weighted by Gasteiger charge is 2.43. The molecule has 1 fully saturated rings. The van der Waals surface area contributed by atoms with E-state index >= 15 is 0 Å². The molecule has 0 aromatic heterocycles. The van der Waals surface area contributed by atoms with Gasteiger partial charge in [0.15, 0.2) is 0 Å². The van der Waals surface area contributed by atoms with Gasteiger partial charge >= 0.3 is 0 Å². The van der Waals surface area contributed by atoms with E-state index in [9.17, 15) is 5.11 Å². The molecule has 5 heteroatoms. The summed E-state index contributed by atoms with van der Waals surface area (Å²) < 4.78 is 5.51. The first kappa shape index (κ1) is 13.3. The molecule has 1 rings (SSSR count). The van der Waals surface area contributed by atoms with E-state index in [1.165, 1.54) is 0 Å². The molecule has 1 aliphatic heterocycles. The maximum atomic E-state index is 10.1. The smallest absolute Gasteiger partial charge is 0.104 e. The normalized spacial score (nSPS) is 39.1. The quantitative estimate of drug-likeness (QED) is 0.355.